The second kappa shape index (κ2) is 5.60. The fraction of sp³-hybridized carbons (Fsp3) is 0.0714. The second-order valence-electron chi connectivity index (χ2n) is 4.53. The van der Waals surface area contributed by atoms with E-state index in [1.54, 1.807) is 4.40 Å². The van der Waals surface area contributed by atoms with E-state index in [9.17, 15) is 14.9 Å². The summed E-state index contributed by atoms with van der Waals surface area (Å²) in [6.45, 7) is 0.209. The van der Waals surface area contributed by atoms with Gasteiger partial charge >= 0.3 is 0 Å². The molecule has 1 N–H and O–H groups in total. The number of carbonyl (C=O) groups excluding carboxylic acids is 1. The number of fused-ring (bicyclic) bond motifs is 1. The van der Waals surface area contributed by atoms with Crippen LogP contribution in [0.4, 0.5) is 5.69 Å². The number of amides is 1. The maximum atomic E-state index is 12.0. The Morgan fingerprint density at radius 2 is 1.95 bits per heavy atom. The van der Waals surface area contributed by atoms with Crippen LogP contribution in [0.1, 0.15) is 16.2 Å². The summed E-state index contributed by atoms with van der Waals surface area (Å²) in [5, 5.41) is 21.3. The molecule has 3 aromatic rings. The van der Waals surface area contributed by atoms with Crippen LogP contribution in [0.25, 0.3) is 5.65 Å². The van der Waals surface area contributed by atoms with Gasteiger partial charge < -0.3 is 5.32 Å². The lowest BCUT2D eigenvalue weighted by molar-refractivity contribution is -0.384. The van der Waals surface area contributed by atoms with Gasteiger partial charge in [-0.3, -0.25) is 19.3 Å². The van der Waals surface area contributed by atoms with E-state index in [2.05, 4.69) is 15.5 Å². The standard InChI is InChI=1S/C14H11N5O3/c20-14(10-4-6-11(7-5-10)19(21)22)15-9-13-17-16-12-3-1-2-8-18(12)13/h1-8H,9H2,(H,15,20). The van der Waals surface area contributed by atoms with Crippen LogP contribution in [0.2, 0.25) is 0 Å². The molecule has 110 valence electrons. The predicted molar refractivity (Wildman–Crippen MR) is 77.3 cm³/mol. The van der Waals surface area contributed by atoms with Crippen molar-refractivity contribution in [3.8, 4) is 0 Å². The third-order valence-electron chi connectivity index (χ3n) is 3.13. The number of aromatic nitrogens is 3. The molecule has 0 radical (unpaired) electrons. The highest BCUT2D eigenvalue weighted by atomic mass is 16.6. The second-order valence-corrected chi connectivity index (χ2v) is 4.53. The molecule has 0 unspecified atom stereocenters. The van der Waals surface area contributed by atoms with Crippen LogP contribution in [-0.2, 0) is 6.54 Å². The number of hydrogen-bond acceptors (Lipinski definition) is 5. The summed E-state index contributed by atoms with van der Waals surface area (Å²) in [6.07, 6.45) is 1.81. The van der Waals surface area contributed by atoms with Crippen LogP contribution < -0.4 is 5.32 Å². The SMILES string of the molecule is O=C(NCc1nnc2ccccn12)c1ccc([N+](=O)[O-])cc1. The lowest BCUT2D eigenvalue weighted by atomic mass is 10.2. The summed E-state index contributed by atoms with van der Waals surface area (Å²) in [6, 6.07) is 10.9. The Labute approximate surface area is 124 Å². The maximum absolute atomic E-state index is 12.0. The molecular formula is C14H11N5O3. The van der Waals surface area contributed by atoms with E-state index in [4.69, 9.17) is 0 Å². The van der Waals surface area contributed by atoms with Gasteiger partial charge in [0.1, 0.15) is 0 Å². The Balaban J connectivity index is 1.70. The summed E-state index contributed by atoms with van der Waals surface area (Å²) in [5.74, 6) is 0.272. The Bertz CT molecular complexity index is 841. The van der Waals surface area contributed by atoms with Gasteiger partial charge in [-0.2, -0.15) is 0 Å². The monoisotopic (exact) mass is 297 g/mol. The molecule has 8 nitrogen and oxygen atoms in total. The van der Waals surface area contributed by atoms with E-state index in [1.807, 2.05) is 24.4 Å². The van der Waals surface area contributed by atoms with Gasteiger partial charge in [-0.25, -0.2) is 0 Å². The van der Waals surface area contributed by atoms with Gasteiger partial charge in [0.2, 0.25) is 0 Å². The number of nitrogens with one attached hydrogen (secondary N) is 1. The van der Waals surface area contributed by atoms with Crippen molar-refractivity contribution >= 4 is 17.2 Å². The van der Waals surface area contributed by atoms with Gasteiger partial charge in [0.05, 0.1) is 11.5 Å². The van der Waals surface area contributed by atoms with Crippen molar-refractivity contribution in [3.63, 3.8) is 0 Å². The van der Waals surface area contributed by atoms with Crippen molar-refractivity contribution in [2.45, 2.75) is 6.54 Å². The Hall–Kier alpha value is -3.29. The van der Waals surface area contributed by atoms with E-state index in [0.717, 1.165) is 0 Å². The number of non-ortho nitro benzene ring substituents is 1. The van der Waals surface area contributed by atoms with E-state index in [0.29, 0.717) is 17.0 Å². The summed E-state index contributed by atoms with van der Waals surface area (Å²) in [4.78, 5) is 22.1. The number of hydrogen-bond donors (Lipinski definition) is 1. The Kier molecular flexibility index (Phi) is 3.48. The molecule has 0 atom stereocenters. The molecule has 0 saturated heterocycles. The highest BCUT2D eigenvalue weighted by Crippen LogP contribution is 2.12. The third kappa shape index (κ3) is 2.62. The quantitative estimate of drug-likeness (QED) is 0.581. The first kappa shape index (κ1) is 13.7. The van der Waals surface area contributed by atoms with Gasteiger partial charge in [0, 0.05) is 23.9 Å². The maximum Gasteiger partial charge on any atom is 0.269 e. The van der Waals surface area contributed by atoms with E-state index >= 15 is 0 Å². The Morgan fingerprint density at radius 3 is 2.68 bits per heavy atom. The molecule has 2 aromatic heterocycles. The first-order valence-electron chi connectivity index (χ1n) is 6.46. The van der Waals surface area contributed by atoms with Crippen molar-refractivity contribution in [3.05, 3.63) is 70.2 Å². The minimum absolute atomic E-state index is 0.0556. The van der Waals surface area contributed by atoms with Gasteiger partial charge in [-0.15, -0.1) is 10.2 Å². The zero-order valence-electron chi connectivity index (χ0n) is 11.3. The van der Waals surface area contributed by atoms with Crippen LogP contribution in [0.5, 0.6) is 0 Å². The minimum atomic E-state index is -0.510. The molecule has 0 aliphatic heterocycles. The summed E-state index contributed by atoms with van der Waals surface area (Å²) in [5.41, 5.74) is 0.988. The zero-order valence-corrected chi connectivity index (χ0v) is 11.3. The van der Waals surface area contributed by atoms with E-state index in [-0.39, 0.29) is 18.1 Å². The van der Waals surface area contributed by atoms with Crippen molar-refractivity contribution in [2.24, 2.45) is 0 Å². The number of carbonyl (C=O) groups is 1. The molecule has 0 bridgehead atoms. The highest BCUT2D eigenvalue weighted by molar-refractivity contribution is 5.94. The number of rotatable bonds is 4. The number of benzene rings is 1. The van der Waals surface area contributed by atoms with Crippen molar-refractivity contribution < 1.29 is 9.72 Å². The summed E-state index contributed by atoms with van der Waals surface area (Å²) >= 11 is 0. The van der Waals surface area contributed by atoms with Crippen LogP contribution in [-0.4, -0.2) is 25.4 Å². The fourth-order valence-electron chi connectivity index (χ4n) is 2.01. The molecule has 0 spiro atoms. The molecule has 0 aliphatic carbocycles. The number of nitro groups is 1. The molecule has 0 aliphatic rings. The molecule has 8 heteroatoms. The van der Waals surface area contributed by atoms with Gasteiger partial charge in [0.25, 0.3) is 11.6 Å². The van der Waals surface area contributed by atoms with Crippen molar-refractivity contribution in [1.29, 1.82) is 0 Å². The first-order chi connectivity index (χ1) is 10.6. The molecule has 2 heterocycles. The predicted octanol–water partition coefficient (Wildman–Crippen LogP) is 1.57. The normalized spacial score (nSPS) is 10.5. The molecule has 3 rings (SSSR count). The summed E-state index contributed by atoms with van der Waals surface area (Å²) in [7, 11) is 0. The first-order valence-corrected chi connectivity index (χ1v) is 6.46. The average molecular weight is 297 g/mol. The molecule has 22 heavy (non-hydrogen) atoms. The van der Waals surface area contributed by atoms with Crippen LogP contribution in [0, 0.1) is 10.1 Å². The van der Waals surface area contributed by atoms with Gasteiger partial charge in [-0.1, -0.05) is 6.07 Å². The molecule has 0 fully saturated rings. The largest absolute Gasteiger partial charge is 0.345 e. The zero-order chi connectivity index (χ0) is 15.5. The lowest BCUT2D eigenvalue weighted by Gasteiger charge is -2.04. The molecule has 1 aromatic carbocycles. The molecule has 0 saturated carbocycles. The van der Waals surface area contributed by atoms with E-state index < -0.39 is 4.92 Å². The third-order valence-corrected chi connectivity index (χ3v) is 3.13. The van der Waals surface area contributed by atoms with Gasteiger partial charge in [0.15, 0.2) is 11.5 Å². The molecule has 1 amide bonds. The Morgan fingerprint density at radius 1 is 1.18 bits per heavy atom. The van der Waals surface area contributed by atoms with Crippen LogP contribution >= 0.6 is 0 Å². The van der Waals surface area contributed by atoms with Crippen LogP contribution in [0.15, 0.2) is 48.7 Å². The number of nitro benzene ring substituents is 1. The van der Waals surface area contributed by atoms with Crippen molar-refractivity contribution in [2.75, 3.05) is 0 Å². The molecular weight excluding hydrogens is 286 g/mol. The number of nitrogens with zero attached hydrogens (tertiary/aromatic N) is 4. The number of pyridine rings is 1. The fourth-order valence-corrected chi connectivity index (χ4v) is 2.01. The van der Waals surface area contributed by atoms with Gasteiger partial charge in [-0.05, 0) is 24.3 Å². The minimum Gasteiger partial charge on any atom is -0.345 e. The van der Waals surface area contributed by atoms with Crippen molar-refractivity contribution in [1.82, 2.24) is 19.9 Å². The topological polar surface area (TPSA) is 102 Å². The van der Waals surface area contributed by atoms with E-state index in [1.165, 1.54) is 24.3 Å². The highest BCUT2D eigenvalue weighted by Gasteiger charge is 2.11. The average Bonchev–Trinajstić information content (AvgIpc) is 2.96. The summed E-state index contributed by atoms with van der Waals surface area (Å²) < 4.78 is 1.77. The van der Waals surface area contributed by atoms with Crippen LogP contribution in [0.3, 0.4) is 0 Å². The smallest absolute Gasteiger partial charge is 0.269 e. The lowest BCUT2D eigenvalue weighted by Crippen LogP contribution is -2.23.